The Balaban J connectivity index is 2.37. The van der Waals surface area contributed by atoms with Crippen LogP contribution in [-0.2, 0) is 26.2 Å². The van der Waals surface area contributed by atoms with Gasteiger partial charge in [-0.2, -0.15) is 0 Å². The zero-order valence-electron chi connectivity index (χ0n) is 19.7. The lowest BCUT2D eigenvalue weighted by molar-refractivity contribution is -0.139. The van der Waals surface area contributed by atoms with E-state index in [1.807, 2.05) is 45.0 Å². The van der Waals surface area contributed by atoms with Crippen LogP contribution < -0.4 is 9.62 Å². The Morgan fingerprint density at radius 2 is 1.73 bits per heavy atom. The van der Waals surface area contributed by atoms with Crippen molar-refractivity contribution in [3.05, 3.63) is 64.7 Å². The van der Waals surface area contributed by atoms with Gasteiger partial charge in [-0.3, -0.25) is 13.9 Å². The van der Waals surface area contributed by atoms with Crippen molar-refractivity contribution in [2.75, 3.05) is 17.1 Å². The molecule has 2 atom stereocenters. The normalized spacial score (nSPS) is 13.2. The molecule has 0 saturated carbocycles. The molecule has 2 amide bonds. The molecule has 0 fully saturated rings. The Bertz CT molecular complexity index is 1070. The topological polar surface area (TPSA) is 86.8 Å². The van der Waals surface area contributed by atoms with Crippen LogP contribution in [0.15, 0.2) is 48.5 Å². The second kappa shape index (κ2) is 11.5. The Morgan fingerprint density at radius 3 is 2.27 bits per heavy atom. The summed E-state index contributed by atoms with van der Waals surface area (Å²) in [4.78, 5) is 27.7. The minimum atomic E-state index is -3.78. The van der Waals surface area contributed by atoms with Gasteiger partial charge in [0.05, 0.1) is 11.9 Å². The molecule has 0 bridgehead atoms. The molecule has 0 spiro atoms. The Labute approximate surface area is 201 Å². The van der Waals surface area contributed by atoms with E-state index in [2.05, 4.69) is 5.32 Å². The largest absolute Gasteiger partial charge is 0.352 e. The molecule has 0 aromatic heterocycles. The highest BCUT2D eigenvalue weighted by atomic mass is 35.5. The highest BCUT2D eigenvalue weighted by Gasteiger charge is 2.30. The van der Waals surface area contributed by atoms with Crippen LogP contribution in [0.2, 0.25) is 5.02 Å². The van der Waals surface area contributed by atoms with Crippen molar-refractivity contribution in [3.63, 3.8) is 0 Å². The van der Waals surface area contributed by atoms with Crippen molar-refractivity contribution in [1.82, 2.24) is 10.2 Å². The lowest BCUT2D eigenvalue weighted by Crippen LogP contribution is -2.52. The van der Waals surface area contributed by atoms with Gasteiger partial charge in [0.25, 0.3) is 0 Å². The molecule has 0 aliphatic carbocycles. The number of carbonyl (C=O) groups is 2. The molecule has 33 heavy (non-hydrogen) atoms. The van der Waals surface area contributed by atoms with Gasteiger partial charge in [0.1, 0.15) is 12.6 Å². The maximum absolute atomic E-state index is 13.4. The number of hydrogen-bond donors (Lipinski definition) is 1. The molecule has 0 heterocycles. The summed E-state index contributed by atoms with van der Waals surface area (Å²) in [6.07, 6.45) is 1.78. The number of rotatable bonds is 10. The first-order valence-corrected chi connectivity index (χ1v) is 13.0. The van der Waals surface area contributed by atoms with E-state index in [4.69, 9.17) is 11.6 Å². The molecule has 9 heteroatoms. The molecule has 180 valence electrons. The van der Waals surface area contributed by atoms with Gasteiger partial charge in [-0.25, -0.2) is 8.42 Å². The van der Waals surface area contributed by atoms with Gasteiger partial charge in [-0.1, -0.05) is 54.4 Å². The van der Waals surface area contributed by atoms with E-state index in [0.717, 1.165) is 28.1 Å². The number of amides is 2. The van der Waals surface area contributed by atoms with E-state index < -0.39 is 28.5 Å². The first-order chi connectivity index (χ1) is 15.4. The van der Waals surface area contributed by atoms with Crippen molar-refractivity contribution in [1.29, 1.82) is 0 Å². The number of carbonyl (C=O) groups excluding carboxylic acids is 2. The number of nitrogens with zero attached hydrogens (tertiary/aromatic N) is 2. The number of anilines is 1. The van der Waals surface area contributed by atoms with Crippen LogP contribution in [-0.4, -0.2) is 50.0 Å². The Kier molecular flexibility index (Phi) is 9.31. The third-order valence-electron chi connectivity index (χ3n) is 5.42. The van der Waals surface area contributed by atoms with Crippen LogP contribution in [0.1, 0.15) is 38.3 Å². The first kappa shape index (κ1) is 26.7. The minimum absolute atomic E-state index is 0.0461. The maximum Gasteiger partial charge on any atom is 0.244 e. The molecule has 0 radical (unpaired) electrons. The minimum Gasteiger partial charge on any atom is -0.352 e. The van der Waals surface area contributed by atoms with Gasteiger partial charge in [-0.05, 0) is 51.0 Å². The van der Waals surface area contributed by atoms with Crippen LogP contribution in [0.5, 0.6) is 0 Å². The highest BCUT2D eigenvalue weighted by molar-refractivity contribution is 7.92. The van der Waals surface area contributed by atoms with Gasteiger partial charge in [0.15, 0.2) is 0 Å². The number of benzene rings is 2. The fourth-order valence-corrected chi connectivity index (χ4v) is 4.21. The van der Waals surface area contributed by atoms with Gasteiger partial charge in [-0.15, -0.1) is 0 Å². The number of nitrogens with one attached hydrogen (secondary N) is 1. The molecular weight excluding hydrogens is 462 g/mol. The lowest BCUT2D eigenvalue weighted by atomic mass is 10.1. The van der Waals surface area contributed by atoms with Gasteiger partial charge < -0.3 is 10.2 Å². The molecule has 0 saturated heterocycles. The van der Waals surface area contributed by atoms with Crippen molar-refractivity contribution < 1.29 is 18.0 Å². The smallest absolute Gasteiger partial charge is 0.244 e. The van der Waals surface area contributed by atoms with Crippen molar-refractivity contribution in [3.8, 4) is 0 Å². The van der Waals surface area contributed by atoms with Crippen molar-refractivity contribution >= 4 is 39.1 Å². The summed E-state index contributed by atoms with van der Waals surface area (Å²) in [5.41, 5.74) is 2.19. The number of aryl methyl sites for hydroxylation is 1. The third-order valence-corrected chi connectivity index (χ3v) is 6.79. The molecule has 0 aliphatic rings. The van der Waals surface area contributed by atoms with Crippen molar-refractivity contribution in [2.45, 2.75) is 52.7 Å². The fraction of sp³-hybridized carbons (Fsp3) is 0.417. The number of sulfonamides is 1. The quantitative estimate of drug-likeness (QED) is 0.546. The molecule has 1 N–H and O–H groups in total. The Morgan fingerprint density at radius 1 is 1.09 bits per heavy atom. The van der Waals surface area contributed by atoms with E-state index in [0.29, 0.717) is 5.02 Å². The zero-order chi connectivity index (χ0) is 24.8. The fourth-order valence-electron chi connectivity index (χ4n) is 3.18. The first-order valence-electron chi connectivity index (χ1n) is 10.8. The monoisotopic (exact) mass is 493 g/mol. The predicted molar refractivity (Wildman–Crippen MR) is 133 cm³/mol. The summed E-state index contributed by atoms with van der Waals surface area (Å²) in [6, 6.07) is 13.1. The van der Waals surface area contributed by atoms with Crippen LogP contribution >= 0.6 is 11.6 Å². The summed E-state index contributed by atoms with van der Waals surface area (Å²) in [6.45, 7) is 7.17. The maximum atomic E-state index is 13.4. The summed E-state index contributed by atoms with van der Waals surface area (Å²) in [5.74, 6) is -0.786. The predicted octanol–water partition coefficient (Wildman–Crippen LogP) is 3.75. The summed E-state index contributed by atoms with van der Waals surface area (Å²) < 4.78 is 26.0. The van der Waals surface area contributed by atoms with Gasteiger partial charge in [0, 0.05) is 17.6 Å². The molecule has 7 nitrogen and oxygen atoms in total. The van der Waals surface area contributed by atoms with E-state index in [9.17, 15) is 18.0 Å². The average Bonchev–Trinajstić information content (AvgIpc) is 2.75. The average molecular weight is 494 g/mol. The van der Waals surface area contributed by atoms with Crippen LogP contribution in [0, 0.1) is 6.92 Å². The molecule has 0 unspecified atom stereocenters. The van der Waals surface area contributed by atoms with Gasteiger partial charge in [0.2, 0.25) is 21.8 Å². The second-order valence-electron chi connectivity index (χ2n) is 8.25. The van der Waals surface area contributed by atoms with Gasteiger partial charge >= 0.3 is 0 Å². The van der Waals surface area contributed by atoms with Crippen LogP contribution in [0.3, 0.4) is 0 Å². The number of halogens is 1. The molecule has 2 rings (SSSR count). The second-order valence-corrected chi connectivity index (χ2v) is 10.6. The molecule has 0 aliphatic heterocycles. The Hall–Kier alpha value is -2.58. The van der Waals surface area contributed by atoms with Crippen molar-refractivity contribution in [2.24, 2.45) is 0 Å². The van der Waals surface area contributed by atoms with E-state index in [1.165, 1.54) is 11.0 Å². The zero-order valence-corrected chi connectivity index (χ0v) is 21.3. The van der Waals surface area contributed by atoms with E-state index >= 15 is 0 Å². The molecule has 2 aromatic carbocycles. The number of hydrogen-bond acceptors (Lipinski definition) is 4. The standard InChI is InChI=1S/C24H32ClN3O4S/c1-6-18(3)26-24(30)19(4)27(15-20-12-10-17(2)11-13-20)23(29)16-28(33(5,31)32)22-9-7-8-21(25)14-22/h7-14,18-19H,6,15-16H2,1-5H3,(H,26,30)/t18-,19+/m0/s1. The van der Waals surface area contributed by atoms with E-state index in [-0.39, 0.29) is 24.2 Å². The molecular formula is C24H32ClN3O4S. The summed E-state index contributed by atoms with van der Waals surface area (Å²) >= 11 is 6.04. The molecule has 2 aromatic rings. The van der Waals surface area contributed by atoms with E-state index in [1.54, 1.807) is 25.1 Å². The SMILES string of the molecule is CC[C@H](C)NC(=O)[C@@H](C)N(Cc1ccc(C)cc1)C(=O)CN(c1cccc(Cl)c1)S(C)(=O)=O. The van der Waals surface area contributed by atoms with Crippen LogP contribution in [0.25, 0.3) is 0 Å². The van der Waals surface area contributed by atoms with Crippen LogP contribution in [0.4, 0.5) is 5.69 Å². The lowest BCUT2D eigenvalue weighted by Gasteiger charge is -2.32. The summed E-state index contributed by atoms with van der Waals surface area (Å²) in [5, 5.41) is 3.25. The highest BCUT2D eigenvalue weighted by Crippen LogP contribution is 2.22. The third kappa shape index (κ3) is 7.75. The summed E-state index contributed by atoms with van der Waals surface area (Å²) in [7, 11) is -3.78.